The van der Waals surface area contributed by atoms with E-state index in [0.29, 0.717) is 11.8 Å². The van der Waals surface area contributed by atoms with Gasteiger partial charge in [-0.1, -0.05) is 27.2 Å². The van der Waals surface area contributed by atoms with Gasteiger partial charge in [-0.05, 0) is 46.0 Å². The normalized spacial score (nSPS) is 12.4. The molecular weight excluding hydrogens is 224 g/mol. The van der Waals surface area contributed by atoms with Gasteiger partial charge in [-0.3, -0.25) is 0 Å². The van der Waals surface area contributed by atoms with Gasteiger partial charge < -0.3 is 5.11 Å². The molecule has 0 saturated heterocycles. The standard InChI is InChI=1S/C15H28N2O/c1-7-8-9-12-13(10-11(2)3)16-17(14(12)18)15(4,5)6/h11,18H,7-10H2,1-6H3. The zero-order valence-corrected chi connectivity index (χ0v) is 12.7. The van der Waals surface area contributed by atoms with Crippen molar-refractivity contribution in [1.82, 2.24) is 9.78 Å². The van der Waals surface area contributed by atoms with Crippen LogP contribution in [0.1, 0.15) is 65.6 Å². The van der Waals surface area contributed by atoms with Crippen LogP contribution in [-0.2, 0) is 18.4 Å². The Morgan fingerprint density at radius 1 is 1.28 bits per heavy atom. The Labute approximate surface area is 111 Å². The van der Waals surface area contributed by atoms with Gasteiger partial charge >= 0.3 is 0 Å². The third kappa shape index (κ3) is 3.50. The quantitative estimate of drug-likeness (QED) is 0.863. The predicted molar refractivity (Wildman–Crippen MR) is 76.0 cm³/mol. The Kier molecular flexibility index (Phi) is 4.83. The summed E-state index contributed by atoms with van der Waals surface area (Å²) in [4.78, 5) is 0. The van der Waals surface area contributed by atoms with E-state index in [1.54, 1.807) is 4.68 Å². The highest BCUT2D eigenvalue weighted by molar-refractivity contribution is 5.32. The predicted octanol–water partition coefficient (Wildman–Crippen LogP) is 3.88. The van der Waals surface area contributed by atoms with Gasteiger partial charge in [0.15, 0.2) is 0 Å². The minimum Gasteiger partial charge on any atom is -0.493 e. The molecule has 1 aromatic heterocycles. The molecule has 3 nitrogen and oxygen atoms in total. The van der Waals surface area contributed by atoms with Crippen LogP contribution in [-0.4, -0.2) is 14.9 Å². The molecule has 0 saturated carbocycles. The fourth-order valence-electron chi connectivity index (χ4n) is 2.11. The maximum absolute atomic E-state index is 10.4. The van der Waals surface area contributed by atoms with Gasteiger partial charge in [0.2, 0.25) is 5.88 Å². The van der Waals surface area contributed by atoms with E-state index in [0.717, 1.165) is 36.9 Å². The Bertz CT molecular complexity index is 386. The Hall–Kier alpha value is -0.990. The van der Waals surface area contributed by atoms with Gasteiger partial charge in [-0.25, -0.2) is 4.68 Å². The maximum Gasteiger partial charge on any atom is 0.213 e. The summed E-state index contributed by atoms with van der Waals surface area (Å²) < 4.78 is 1.77. The van der Waals surface area contributed by atoms with E-state index in [1.165, 1.54) is 0 Å². The van der Waals surface area contributed by atoms with Gasteiger partial charge in [0.25, 0.3) is 0 Å². The van der Waals surface area contributed by atoms with Crippen LogP contribution in [0.15, 0.2) is 0 Å². The monoisotopic (exact) mass is 252 g/mol. The molecule has 3 heteroatoms. The topological polar surface area (TPSA) is 38.0 Å². The molecule has 0 radical (unpaired) electrons. The van der Waals surface area contributed by atoms with Crippen LogP contribution in [0.2, 0.25) is 0 Å². The first kappa shape index (κ1) is 15.1. The molecule has 1 aromatic rings. The molecule has 0 amide bonds. The summed E-state index contributed by atoms with van der Waals surface area (Å²) in [5, 5.41) is 15.0. The number of nitrogens with zero attached hydrogens (tertiary/aromatic N) is 2. The zero-order valence-electron chi connectivity index (χ0n) is 12.7. The first-order chi connectivity index (χ1) is 8.27. The molecule has 104 valence electrons. The molecule has 1 rings (SSSR count). The molecule has 0 fully saturated rings. The average molecular weight is 252 g/mol. The summed E-state index contributed by atoms with van der Waals surface area (Å²) in [5.74, 6) is 0.930. The van der Waals surface area contributed by atoms with Gasteiger partial charge in [-0.15, -0.1) is 0 Å². The second-order valence-corrected chi connectivity index (χ2v) is 6.53. The van der Waals surface area contributed by atoms with Crippen molar-refractivity contribution in [3.8, 4) is 5.88 Å². The van der Waals surface area contributed by atoms with Crippen molar-refractivity contribution in [2.45, 2.75) is 72.8 Å². The molecule has 0 aliphatic rings. The summed E-state index contributed by atoms with van der Waals surface area (Å²) >= 11 is 0. The number of aromatic nitrogens is 2. The molecule has 0 atom stereocenters. The van der Waals surface area contributed by atoms with Crippen molar-refractivity contribution >= 4 is 0 Å². The molecule has 0 aliphatic heterocycles. The Morgan fingerprint density at radius 3 is 2.33 bits per heavy atom. The van der Waals surface area contributed by atoms with Crippen molar-refractivity contribution in [2.24, 2.45) is 5.92 Å². The van der Waals surface area contributed by atoms with Crippen LogP contribution in [0.3, 0.4) is 0 Å². The lowest BCUT2D eigenvalue weighted by atomic mass is 10.0. The van der Waals surface area contributed by atoms with Gasteiger partial charge in [0.1, 0.15) is 0 Å². The lowest BCUT2D eigenvalue weighted by Crippen LogP contribution is -2.23. The van der Waals surface area contributed by atoms with Gasteiger partial charge in [-0.2, -0.15) is 5.10 Å². The van der Waals surface area contributed by atoms with Crippen molar-refractivity contribution in [2.75, 3.05) is 0 Å². The van der Waals surface area contributed by atoms with Gasteiger partial charge in [0.05, 0.1) is 11.2 Å². The second-order valence-electron chi connectivity index (χ2n) is 6.53. The van der Waals surface area contributed by atoms with E-state index in [-0.39, 0.29) is 5.54 Å². The van der Waals surface area contributed by atoms with Crippen molar-refractivity contribution in [1.29, 1.82) is 0 Å². The Morgan fingerprint density at radius 2 is 1.89 bits per heavy atom. The highest BCUT2D eigenvalue weighted by atomic mass is 16.3. The smallest absolute Gasteiger partial charge is 0.213 e. The fraction of sp³-hybridized carbons (Fsp3) is 0.800. The van der Waals surface area contributed by atoms with E-state index in [9.17, 15) is 5.11 Å². The summed E-state index contributed by atoms with van der Waals surface area (Å²) in [6.07, 6.45) is 4.12. The molecule has 0 bridgehead atoms. The Balaban J connectivity index is 3.14. The number of hydrogen-bond acceptors (Lipinski definition) is 2. The van der Waals surface area contributed by atoms with Crippen LogP contribution in [0.5, 0.6) is 5.88 Å². The number of aromatic hydroxyl groups is 1. The minimum absolute atomic E-state index is 0.166. The van der Waals surface area contributed by atoms with E-state index in [2.05, 4.69) is 46.6 Å². The number of hydrogen-bond donors (Lipinski definition) is 1. The second kappa shape index (κ2) is 5.77. The number of unbranched alkanes of at least 4 members (excludes halogenated alkanes) is 1. The van der Waals surface area contributed by atoms with Crippen molar-refractivity contribution in [3.63, 3.8) is 0 Å². The SMILES string of the molecule is CCCCc1c(CC(C)C)nn(C(C)(C)C)c1O. The van der Waals surface area contributed by atoms with E-state index < -0.39 is 0 Å². The van der Waals surface area contributed by atoms with Crippen LogP contribution in [0.4, 0.5) is 0 Å². The van der Waals surface area contributed by atoms with Crippen LogP contribution in [0, 0.1) is 5.92 Å². The van der Waals surface area contributed by atoms with Crippen molar-refractivity contribution in [3.05, 3.63) is 11.3 Å². The molecule has 1 N–H and O–H groups in total. The third-order valence-corrected chi connectivity index (χ3v) is 3.06. The van der Waals surface area contributed by atoms with E-state index >= 15 is 0 Å². The van der Waals surface area contributed by atoms with E-state index in [1.807, 2.05) is 0 Å². The maximum atomic E-state index is 10.4. The van der Waals surface area contributed by atoms with Crippen LogP contribution >= 0.6 is 0 Å². The minimum atomic E-state index is -0.166. The van der Waals surface area contributed by atoms with E-state index in [4.69, 9.17) is 0 Å². The molecule has 0 unspecified atom stereocenters. The number of rotatable bonds is 5. The van der Waals surface area contributed by atoms with Crippen molar-refractivity contribution < 1.29 is 5.11 Å². The largest absolute Gasteiger partial charge is 0.493 e. The lowest BCUT2D eigenvalue weighted by molar-refractivity contribution is 0.292. The first-order valence-electron chi connectivity index (χ1n) is 7.07. The molecule has 1 heterocycles. The summed E-state index contributed by atoms with van der Waals surface area (Å²) in [6.45, 7) is 12.8. The fourth-order valence-corrected chi connectivity index (χ4v) is 2.11. The molecular formula is C15H28N2O. The summed E-state index contributed by atoms with van der Waals surface area (Å²) in [6, 6.07) is 0. The van der Waals surface area contributed by atoms with Gasteiger partial charge in [0, 0.05) is 5.56 Å². The summed E-state index contributed by atoms with van der Waals surface area (Å²) in [5.41, 5.74) is 1.96. The van der Waals surface area contributed by atoms with Crippen LogP contribution < -0.4 is 0 Å². The molecule has 0 aromatic carbocycles. The van der Waals surface area contributed by atoms with Crippen LogP contribution in [0.25, 0.3) is 0 Å². The molecule has 0 aliphatic carbocycles. The zero-order chi connectivity index (χ0) is 13.9. The lowest BCUT2D eigenvalue weighted by Gasteiger charge is -2.20. The average Bonchev–Trinajstić information content (AvgIpc) is 2.52. The first-order valence-corrected chi connectivity index (χ1v) is 7.07. The summed E-state index contributed by atoms with van der Waals surface area (Å²) in [7, 11) is 0. The third-order valence-electron chi connectivity index (χ3n) is 3.06. The highest BCUT2D eigenvalue weighted by Gasteiger charge is 2.24. The molecule has 18 heavy (non-hydrogen) atoms. The highest BCUT2D eigenvalue weighted by Crippen LogP contribution is 2.30. The molecule has 0 spiro atoms.